The Kier molecular flexibility index (Phi) is 3.94. The smallest absolute Gasteiger partial charge is 0.270 e. The van der Waals surface area contributed by atoms with Gasteiger partial charge >= 0.3 is 0 Å². The maximum Gasteiger partial charge on any atom is 0.270 e. The van der Waals surface area contributed by atoms with Crippen molar-refractivity contribution in [3.63, 3.8) is 0 Å². The molecule has 1 amide bonds. The fourth-order valence-corrected chi connectivity index (χ4v) is 2.14. The lowest BCUT2D eigenvalue weighted by atomic mass is 10.3. The Hall–Kier alpha value is -2.21. The summed E-state index contributed by atoms with van der Waals surface area (Å²) in [6.45, 7) is 1.71. The third-order valence-electron chi connectivity index (χ3n) is 3.18. The van der Waals surface area contributed by atoms with E-state index < -0.39 is 5.82 Å². The number of benzene rings is 1. The first-order valence-corrected chi connectivity index (χ1v) is 7.28. The second kappa shape index (κ2) is 5.88. The molecule has 0 atom stereocenters. The van der Waals surface area contributed by atoms with E-state index in [1.165, 1.54) is 12.1 Å². The van der Waals surface area contributed by atoms with Crippen LogP contribution >= 0.6 is 11.6 Å². The van der Waals surface area contributed by atoms with Crippen molar-refractivity contribution < 1.29 is 9.18 Å². The van der Waals surface area contributed by atoms with Crippen LogP contribution in [0.3, 0.4) is 0 Å². The molecule has 2 aromatic rings. The number of halogens is 2. The number of amides is 1. The number of hydrogen-bond acceptors (Lipinski definition) is 4. The number of aryl methyl sites for hydroxylation is 1. The Balaban J connectivity index is 1.81. The molecule has 1 aromatic heterocycles. The monoisotopic (exact) mass is 320 g/mol. The molecule has 22 heavy (non-hydrogen) atoms. The third kappa shape index (κ3) is 3.51. The van der Waals surface area contributed by atoms with Crippen molar-refractivity contribution >= 4 is 29.0 Å². The summed E-state index contributed by atoms with van der Waals surface area (Å²) in [5, 5.41) is 5.89. The minimum atomic E-state index is -0.490. The van der Waals surface area contributed by atoms with Crippen LogP contribution in [0.15, 0.2) is 24.3 Å². The first-order valence-electron chi connectivity index (χ1n) is 6.90. The molecular weight excluding hydrogens is 307 g/mol. The van der Waals surface area contributed by atoms with Crippen LogP contribution < -0.4 is 10.6 Å². The molecule has 1 heterocycles. The van der Waals surface area contributed by atoms with Gasteiger partial charge in [-0.2, -0.15) is 0 Å². The summed E-state index contributed by atoms with van der Waals surface area (Å²) in [5.74, 6) is 0.221. The average molecular weight is 321 g/mol. The van der Waals surface area contributed by atoms with E-state index in [2.05, 4.69) is 20.6 Å². The van der Waals surface area contributed by atoms with Crippen molar-refractivity contribution in [1.82, 2.24) is 15.3 Å². The van der Waals surface area contributed by atoms with Gasteiger partial charge in [0.05, 0.1) is 5.02 Å². The van der Waals surface area contributed by atoms with Gasteiger partial charge in [-0.15, -0.1) is 0 Å². The molecular formula is C15H14ClFN4O. The predicted octanol–water partition coefficient (Wildman–Crippen LogP) is 3.21. The third-order valence-corrected chi connectivity index (χ3v) is 3.46. The summed E-state index contributed by atoms with van der Waals surface area (Å²) in [6, 6.07) is 6.08. The number of rotatable bonds is 4. The van der Waals surface area contributed by atoms with E-state index in [4.69, 9.17) is 11.6 Å². The molecule has 1 fully saturated rings. The first kappa shape index (κ1) is 14.7. The summed E-state index contributed by atoms with van der Waals surface area (Å²) in [5.41, 5.74) is 0.883. The van der Waals surface area contributed by atoms with Crippen molar-refractivity contribution in [1.29, 1.82) is 0 Å². The highest BCUT2D eigenvalue weighted by molar-refractivity contribution is 6.31. The fraction of sp³-hybridized carbons (Fsp3) is 0.267. The number of nitrogens with one attached hydrogen (secondary N) is 2. The topological polar surface area (TPSA) is 66.9 Å². The minimum Gasteiger partial charge on any atom is -0.348 e. The second-order valence-corrected chi connectivity index (χ2v) is 5.59. The van der Waals surface area contributed by atoms with Crippen LogP contribution in [0.2, 0.25) is 5.02 Å². The Morgan fingerprint density at radius 1 is 1.32 bits per heavy atom. The lowest BCUT2D eigenvalue weighted by Gasteiger charge is -2.09. The molecule has 114 valence electrons. The number of anilines is 2. The van der Waals surface area contributed by atoms with Gasteiger partial charge in [-0.05, 0) is 38.0 Å². The highest BCUT2D eigenvalue weighted by Gasteiger charge is 2.24. The summed E-state index contributed by atoms with van der Waals surface area (Å²) in [7, 11) is 0. The van der Waals surface area contributed by atoms with Crippen LogP contribution in [0, 0.1) is 12.7 Å². The van der Waals surface area contributed by atoms with Gasteiger partial charge in [0.2, 0.25) is 0 Å². The van der Waals surface area contributed by atoms with Crippen LogP contribution in [0.5, 0.6) is 0 Å². The van der Waals surface area contributed by atoms with Gasteiger partial charge in [0.1, 0.15) is 23.2 Å². The quantitative estimate of drug-likeness (QED) is 0.907. The van der Waals surface area contributed by atoms with Gasteiger partial charge in [-0.1, -0.05) is 11.6 Å². The van der Waals surface area contributed by atoms with Gasteiger partial charge in [-0.25, -0.2) is 14.4 Å². The van der Waals surface area contributed by atoms with Crippen LogP contribution in [-0.4, -0.2) is 21.9 Å². The van der Waals surface area contributed by atoms with E-state index in [1.54, 1.807) is 19.1 Å². The van der Waals surface area contributed by atoms with E-state index in [1.807, 2.05) is 0 Å². The van der Waals surface area contributed by atoms with Crippen molar-refractivity contribution in [2.45, 2.75) is 25.8 Å². The Labute approximate surface area is 131 Å². The molecule has 0 aliphatic heterocycles. The molecule has 0 saturated heterocycles. The standard InChI is InChI=1S/C15H14ClFN4O/c1-8-18-13(15(22)21-9-2-3-9)7-14(19-8)20-10-4-5-12(17)11(16)6-10/h4-7,9H,2-3H2,1H3,(H,21,22)(H,18,19,20). The van der Waals surface area contributed by atoms with Crippen molar-refractivity contribution in [3.05, 3.63) is 46.6 Å². The summed E-state index contributed by atoms with van der Waals surface area (Å²) < 4.78 is 13.2. The molecule has 5 nitrogen and oxygen atoms in total. The van der Waals surface area contributed by atoms with Gasteiger partial charge in [-0.3, -0.25) is 4.79 Å². The lowest BCUT2D eigenvalue weighted by Crippen LogP contribution is -2.26. The van der Waals surface area contributed by atoms with Crippen molar-refractivity contribution in [2.75, 3.05) is 5.32 Å². The summed E-state index contributed by atoms with van der Waals surface area (Å²) in [4.78, 5) is 20.4. The zero-order valence-corrected chi connectivity index (χ0v) is 12.6. The SMILES string of the molecule is Cc1nc(Nc2ccc(F)c(Cl)c2)cc(C(=O)NC2CC2)n1. The Morgan fingerprint density at radius 2 is 2.09 bits per heavy atom. The number of hydrogen-bond donors (Lipinski definition) is 2. The first-order chi connectivity index (χ1) is 10.5. The van der Waals surface area contributed by atoms with E-state index in [0.717, 1.165) is 12.8 Å². The zero-order chi connectivity index (χ0) is 15.7. The molecule has 0 bridgehead atoms. The minimum absolute atomic E-state index is 0.0162. The van der Waals surface area contributed by atoms with Crippen LogP contribution in [-0.2, 0) is 0 Å². The van der Waals surface area contributed by atoms with E-state index in [0.29, 0.717) is 23.0 Å². The Bertz CT molecular complexity index is 733. The molecule has 1 aromatic carbocycles. The molecule has 0 radical (unpaired) electrons. The average Bonchev–Trinajstić information content (AvgIpc) is 3.26. The van der Waals surface area contributed by atoms with Gasteiger partial charge in [0.15, 0.2) is 0 Å². The number of carbonyl (C=O) groups is 1. The maximum atomic E-state index is 13.2. The van der Waals surface area contributed by atoms with E-state index in [9.17, 15) is 9.18 Å². The molecule has 0 spiro atoms. The second-order valence-electron chi connectivity index (χ2n) is 5.19. The van der Waals surface area contributed by atoms with Gasteiger partial charge in [0, 0.05) is 17.8 Å². The Morgan fingerprint density at radius 3 is 2.77 bits per heavy atom. The molecule has 1 aliphatic rings. The van der Waals surface area contributed by atoms with Crippen molar-refractivity contribution in [3.8, 4) is 0 Å². The molecule has 0 unspecified atom stereocenters. The van der Waals surface area contributed by atoms with Crippen LogP contribution in [0.4, 0.5) is 15.9 Å². The molecule has 2 N–H and O–H groups in total. The van der Waals surface area contributed by atoms with Crippen molar-refractivity contribution in [2.24, 2.45) is 0 Å². The van der Waals surface area contributed by atoms with E-state index >= 15 is 0 Å². The summed E-state index contributed by atoms with van der Waals surface area (Å²) >= 11 is 5.75. The molecule has 1 aliphatic carbocycles. The fourth-order valence-electron chi connectivity index (χ4n) is 1.96. The van der Waals surface area contributed by atoms with Crippen LogP contribution in [0.25, 0.3) is 0 Å². The summed E-state index contributed by atoms with van der Waals surface area (Å²) in [6.07, 6.45) is 2.02. The lowest BCUT2D eigenvalue weighted by molar-refractivity contribution is 0.0945. The van der Waals surface area contributed by atoms with Crippen LogP contribution in [0.1, 0.15) is 29.2 Å². The predicted molar refractivity (Wildman–Crippen MR) is 81.9 cm³/mol. The van der Waals surface area contributed by atoms with Gasteiger partial charge in [0.25, 0.3) is 5.91 Å². The number of carbonyl (C=O) groups excluding carboxylic acids is 1. The maximum absolute atomic E-state index is 13.2. The number of nitrogens with zero attached hydrogens (tertiary/aromatic N) is 2. The molecule has 1 saturated carbocycles. The normalized spacial score (nSPS) is 13.8. The zero-order valence-electron chi connectivity index (χ0n) is 11.9. The van der Waals surface area contributed by atoms with E-state index in [-0.39, 0.29) is 17.0 Å². The highest BCUT2D eigenvalue weighted by atomic mass is 35.5. The largest absolute Gasteiger partial charge is 0.348 e. The van der Waals surface area contributed by atoms with Gasteiger partial charge < -0.3 is 10.6 Å². The molecule has 7 heteroatoms. The molecule has 3 rings (SSSR count). The highest BCUT2D eigenvalue weighted by Crippen LogP contribution is 2.23. The number of aromatic nitrogens is 2.